The highest BCUT2D eigenvalue weighted by molar-refractivity contribution is 7.47. The van der Waals surface area contributed by atoms with Crippen molar-refractivity contribution in [1.82, 2.24) is 0 Å². The number of unbranched alkanes of at least 4 members (excludes halogenated alkanes) is 31. The summed E-state index contributed by atoms with van der Waals surface area (Å²) < 4.78 is 68.2. The molecule has 0 saturated heterocycles. The van der Waals surface area contributed by atoms with E-state index in [1.165, 1.54) is 135 Å². The molecule has 0 fully saturated rings. The van der Waals surface area contributed by atoms with Crippen molar-refractivity contribution in [3.05, 3.63) is 0 Å². The first-order valence-corrected chi connectivity index (χ1v) is 38.7. The van der Waals surface area contributed by atoms with Crippen molar-refractivity contribution in [1.29, 1.82) is 0 Å². The van der Waals surface area contributed by atoms with Gasteiger partial charge in [0.1, 0.15) is 19.3 Å². The largest absolute Gasteiger partial charge is 0.472 e. The summed E-state index contributed by atoms with van der Waals surface area (Å²) in [6, 6.07) is 0. The van der Waals surface area contributed by atoms with E-state index in [0.29, 0.717) is 37.5 Å². The van der Waals surface area contributed by atoms with Crippen LogP contribution in [0.3, 0.4) is 0 Å². The van der Waals surface area contributed by atoms with Crippen molar-refractivity contribution in [2.75, 3.05) is 39.6 Å². The predicted molar refractivity (Wildman–Crippen MR) is 354 cm³/mol. The molecular formula is C69H134O17P2. The van der Waals surface area contributed by atoms with Crippen LogP contribution in [0.5, 0.6) is 0 Å². The fourth-order valence-corrected chi connectivity index (χ4v) is 11.9. The molecule has 0 saturated carbocycles. The lowest BCUT2D eigenvalue weighted by Gasteiger charge is -2.21. The molecule has 6 atom stereocenters. The first-order valence-electron chi connectivity index (χ1n) is 35.7. The number of hydrogen-bond donors (Lipinski definition) is 3. The number of aliphatic hydroxyl groups is 1. The first kappa shape index (κ1) is 86.1. The average molecular weight is 1300 g/mol. The second kappa shape index (κ2) is 58.8. The van der Waals surface area contributed by atoms with Crippen LogP contribution in [0.15, 0.2) is 0 Å². The molecule has 0 aliphatic carbocycles. The van der Waals surface area contributed by atoms with Crippen LogP contribution in [0, 0.1) is 23.7 Å². The highest BCUT2D eigenvalue weighted by Crippen LogP contribution is 2.45. The summed E-state index contributed by atoms with van der Waals surface area (Å²) in [4.78, 5) is 72.4. The lowest BCUT2D eigenvalue weighted by Crippen LogP contribution is -2.30. The van der Waals surface area contributed by atoms with Crippen LogP contribution in [0.2, 0.25) is 0 Å². The second-order valence-corrected chi connectivity index (χ2v) is 29.5. The minimum atomic E-state index is -4.95. The number of phosphoric acid groups is 2. The fraction of sp³-hybridized carbons (Fsp3) is 0.942. The van der Waals surface area contributed by atoms with E-state index < -0.39 is 97.5 Å². The summed E-state index contributed by atoms with van der Waals surface area (Å²) in [5.41, 5.74) is 0. The predicted octanol–water partition coefficient (Wildman–Crippen LogP) is 19.3. The molecule has 0 radical (unpaired) electrons. The third-order valence-corrected chi connectivity index (χ3v) is 18.1. The van der Waals surface area contributed by atoms with Crippen molar-refractivity contribution < 1.29 is 80.2 Å². The molecule has 19 heteroatoms. The lowest BCUT2D eigenvalue weighted by atomic mass is 9.99. The molecule has 0 rings (SSSR count). The molecule has 0 spiro atoms. The molecule has 4 unspecified atom stereocenters. The molecule has 0 heterocycles. The van der Waals surface area contributed by atoms with Gasteiger partial charge in [0.15, 0.2) is 12.2 Å². The Kier molecular flexibility index (Phi) is 57.6. The number of esters is 4. The molecule has 3 N–H and O–H groups in total. The van der Waals surface area contributed by atoms with E-state index in [1.54, 1.807) is 0 Å². The number of hydrogen-bond acceptors (Lipinski definition) is 15. The number of ether oxygens (including phenoxy) is 4. The number of phosphoric ester groups is 2. The second-order valence-electron chi connectivity index (χ2n) is 26.6. The minimum absolute atomic E-state index is 0.101. The van der Waals surface area contributed by atoms with Crippen LogP contribution >= 0.6 is 15.6 Å². The van der Waals surface area contributed by atoms with Gasteiger partial charge in [0.05, 0.1) is 26.4 Å². The van der Waals surface area contributed by atoms with Crippen LogP contribution in [0.1, 0.15) is 338 Å². The third kappa shape index (κ3) is 61.6. The molecule has 0 aliphatic heterocycles. The molecular weight excluding hydrogens is 1160 g/mol. The maximum Gasteiger partial charge on any atom is 0.472 e. The molecule has 17 nitrogen and oxygen atoms in total. The Balaban J connectivity index is 5.24. The standard InChI is InChI=1S/C69H134O17P2/c1-9-62(8)48-40-32-23-17-14-15-18-24-33-41-49-66(71)79-55-64(85-68(73)51-43-35-25-19-13-11-10-12-16-21-29-37-45-59(2)3)57-83-87(75,76)81-53-63(70)54-82-88(77,78)84-58-65(86-69(74)52-44-36-28-27-31-39-47-61(6)7)56-80-67(72)50-42-34-26-20-22-30-38-46-60(4)5/h59-65,70H,9-58H2,1-8H3,(H,75,76)(H,77,78)/t62?,63?,64-,65-/m1/s1. The van der Waals surface area contributed by atoms with Crippen LogP contribution < -0.4 is 0 Å². The van der Waals surface area contributed by atoms with Gasteiger partial charge in [-0.15, -0.1) is 0 Å². The summed E-state index contributed by atoms with van der Waals surface area (Å²) in [5, 5.41) is 10.6. The number of carbonyl (C=O) groups excluding carboxylic acids is 4. The van der Waals surface area contributed by atoms with Crippen LogP contribution in [0.25, 0.3) is 0 Å². The Morgan fingerprint density at radius 1 is 0.318 bits per heavy atom. The molecule has 0 bridgehead atoms. The average Bonchev–Trinajstić information content (AvgIpc) is 3.52. The summed E-state index contributed by atoms with van der Waals surface area (Å²) in [5.74, 6) is 0.825. The molecule has 0 amide bonds. The molecule has 0 aromatic carbocycles. The zero-order valence-electron chi connectivity index (χ0n) is 57.3. The Hall–Kier alpha value is -1.94. The fourth-order valence-electron chi connectivity index (χ4n) is 10.3. The van der Waals surface area contributed by atoms with Crippen molar-refractivity contribution >= 4 is 39.5 Å². The SMILES string of the molecule is CCC(C)CCCCCCCCCCCCC(=O)OC[C@H](COP(=O)(O)OCC(O)COP(=O)(O)OC[C@@H](COC(=O)CCCCCCCCCC(C)C)OC(=O)CCCCCCCCC(C)C)OC(=O)CCCCCCCCCCCCCCC(C)C. The monoisotopic (exact) mass is 1300 g/mol. The maximum absolute atomic E-state index is 13.0. The molecule has 88 heavy (non-hydrogen) atoms. The maximum atomic E-state index is 13.0. The third-order valence-electron chi connectivity index (χ3n) is 16.2. The van der Waals surface area contributed by atoms with Gasteiger partial charge in [-0.25, -0.2) is 9.13 Å². The quantitative estimate of drug-likeness (QED) is 0.0222. The van der Waals surface area contributed by atoms with Gasteiger partial charge in [-0.3, -0.25) is 37.3 Å². The van der Waals surface area contributed by atoms with E-state index in [-0.39, 0.29) is 25.7 Å². The smallest absolute Gasteiger partial charge is 0.462 e. The van der Waals surface area contributed by atoms with E-state index >= 15 is 0 Å². The number of carbonyl (C=O) groups is 4. The van der Waals surface area contributed by atoms with Crippen molar-refractivity contribution in [2.45, 2.75) is 356 Å². The van der Waals surface area contributed by atoms with E-state index in [4.69, 9.17) is 37.0 Å². The van der Waals surface area contributed by atoms with E-state index in [9.17, 15) is 43.2 Å². The summed E-state index contributed by atoms with van der Waals surface area (Å²) in [6.07, 6.45) is 40.5. The topological polar surface area (TPSA) is 237 Å². The zero-order valence-corrected chi connectivity index (χ0v) is 59.1. The zero-order chi connectivity index (χ0) is 65.4. The lowest BCUT2D eigenvalue weighted by molar-refractivity contribution is -0.161. The Morgan fingerprint density at radius 2 is 0.545 bits per heavy atom. The van der Waals surface area contributed by atoms with Gasteiger partial charge in [0.2, 0.25) is 0 Å². The van der Waals surface area contributed by atoms with Gasteiger partial charge in [-0.2, -0.15) is 0 Å². The molecule has 522 valence electrons. The van der Waals surface area contributed by atoms with E-state index in [0.717, 1.165) is 108 Å². The van der Waals surface area contributed by atoms with Crippen LogP contribution in [-0.2, 0) is 65.4 Å². The Bertz CT molecular complexity index is 1750. The number of rotatable bonds is 66. The molecule has 0 aromatic heterocycles. The summed E-state index contributed by atoms with van der Waals surface area (Å²) in [6.45, 7) is 14.0. The Labute approximate surface area is 537 Å². The number of aliphatic hydroxyl groups excluding tert-OH is 1. The van der Waals surface area contributed by atoms with Gasteiger partial charge in [0, 0.05) is 25.7 Å². The van der Waals surface area contributed by atoms with E-state index in [2.05, 4.69) is 55.4 Å². The van der Waals surface area contributed by atoms with Crippen molar-refractivity contribution in [2.24, 2.45) is 23.7 Å². The normalized spacial score (nSPS) is 14.6. The first-order chi connectivity index (χ1) is 42.1. The van der Waals surface area contributed by atoms with Gasteiger partial charge in [-0.05, 0) is 49.4 Å². The van der Waals surface area contributed by atoms with Gasteiger partial charge >= 0.3 is 39.5 Å². The highest BCUT2D eigenvalue weighted by Gasteiger charge is 2.30. The van der Waals surface area contributed by atoms with Gasteiger partial charge in [-0.1, -0.05) is 287 Å². The summed E-state index contributed by atoms with van der Waals surface area (Å²) in [7, 11) is -9.90. The Morgan fingerprint density at radius 3 is 0.807 bits per heavy atom. The van der Waals surface area contributed by atoms with E-state index in [1.807, 2.05) is 0 Å². The van der Waals surface area contributed by atoms with Crippen LogP contribution in [-0.4, -0.2) is 96.7 Å². The highest BCUT2D eigenvalue weighted by atomic mass is 31.2. The van der Waals surface area contributed by atoms with Crippen molar-refractivity contribution in [3.8, 4) is 0 Å². The minimum Gasteiger partial charge on any atom is -0.462 e. The van der Waals surface area contributed by atoms with Crippen LogP contribution in [0.4, 0.5) is 0 Å². The summed E-state index contributed by atoms with van der Waals surface area (Å²) >= 11 is 0. The van der Waals surface area contributed by atoms with Gasteiger partial charge < -0.3 is 33.8 Å². The molecule has 0 aliphatic rings. The van der Waals surface area contributed by atoms with Gasteiger partial charge in [0.25, 0.3) is 0 Å². The molecule has 0 aromatic rings. The van der Waals surface area contributed by atoms with Crippen molar-refractivity contribution in [3.63, 3.8) is 0 Å².